The summed E-state index contributed by atoms with van der Waals surface area (Å²) in [6.45, 7) is 6.04. The van der Waals surface area contributed by atoms with E-state index in [9.17, 15) is 15.3 Å². The van der Waals surface area contributed by atoms with E-state index in [4.69, 9.17) is 0 Å². The van der Waals surface area contributed by atoms with Crippen molar-refractivity contribution in [3.05, 3.63) is 65.7 Å². The predicted molar refractivity (Wildman–Crippen MR) is 136 cm³/mol. The molecule has 1 aromatic carbocycles. The zero-order valence-corrected chi connectivity index (χ0v) is 21.0. The van der Waals surface area contributed by atoms with Crippen LogP contribution in [0.1, 0.15) is 36.6 Å². The second-order valence-electron chi connectivity index (χ2n) is 9.07. The Labute approximate surface area is 213 Å². The number of rotatable bonds is 5. The molecule has 0 bridgehead atoms. The maximum absolute atomic E-state index is 11.8. The third-order valence-electron chi connectivity index (χ3n) is 6.73. The lowest BCUT2D eigenvalue weighted by Gasteiger charge is -2.32. The average Bonchev–Trinajstić information content (AvgIpc) is 3.47. The number of fused-ring (bicyclic) bond motifs is 1. The third-order valence-corrected chi connectivity index (χ3v) is 7.84. The van der Waals surface area contributed by atoms with Gasteiger partial charge in [0.25, 0.3) is 0 Å². The highest BCUT2D eigenvalue weighted by Gasteiger charge is 2.23. The molecule has 0 spiro atoms. The van der Waals surface area contributed by atoms with Crippen LogP contribution in [0.2, 0.25) is 0 Å². The van der Waals surface area contributed by atoms with Crippen LogP contribution < -0.4 is 0 Å². The van der Waals surface area contributed by atoms with Crippen LogP contribution in [0.4, 0.5) is 0 Å². The molecule has 0 saturated carbocycles. The van der Waals surface area contributed by atoms with E-state index in [2.05, 4.69) is 29.3 Å². The zero-order valence-electron chi connectivity index (χ0n) is 20.2. The first-order chi connectivity index (χ1) is 17.5. The Hall–Kier alpha value is -4.08. The standard InChI is InChI=1S/C27H25N7OS/c1-18-24(14-31-33(18)16-20-6-5-9-32(15-20)19(2)35)22-10-26(27-23(12-29)13-30-34(27)17-22)36-25-8-4-3-7-21(25)11-28/h3-4,7-8,10,13-14,17,20H,5-6,9,15-16H2,1-2H3. The van der Waals surface area contributed by atoms with E-state index in [0.717, 1.165) is 64.6 Å². The van der Waals surface area contributed by atoms with E-state index in [-0.39, 0.29) is 5.91 Å². The van der Waals surface area contributed by atoms with E-state index in [1.54, 1.807) is 23.7 Å². The van der Waals surface area contributed by atoms with Gasteiger partial charge in [-0.25, -0.2) is 4.52 Å². The van der Waals surface area contributed by atoms with Crippen molar-refractivity contribution < 1.29 is 4.79 Å². The van der Waals surface area contributed by atoms with Gasteiger partial charge >= 0.3 is 0 Å². The molecule has 1 unspecified atom stereocenters. The van der Waals surface area contributed by atoms with E-state index >= 15 is 0 Å². The topological polar surface area (TPSA) is 103 Å². The summed E-state index contributed by atoms with van der Waals surface area (Å²) in [5.74, 6) is 0.499. The van der Waals surface area contributed by atoms with Gasteiger partial charge in [0.05, 0.1) is 29.0 Å². The van der Waals surface area contributed by atoms with Crippen LogP contribution in [0.5, 0.6) is 0 Å². The summed E-state index contributed by atoms with van der Waals surface area (Å²) in [4.78, 5) is 15.4. The van der Waals surface area contributed by atoms with Crippen molar-refractivity contribution in [3.8, 4) is 23.3 Å². The number of carbonyl (C=O) groups is 1. The molecule has 1 amide bonds. The lowest BCUT2D eigenvalue weighted by Crippen LogP contribution is -2.40. The molecule has 9 heteroatoms. The molecule has 0 radical (unpaired) electrons. The molecule has 36 heavy (non-hydrogen) atoms. The van der Waals surface area contributed by atoms with Crippen LogP contribution in [0.15, 0.2) is 58.7 Å². The molecule has 0 N–H and O–H groups in total. The molecule has 8 nitrogen and oxygen atoms in total. The summed E-state index contributed by atoms with van der Waals surface area (Å²) < 4.78 is 3.75. The lowest BCUT2D eigenvalue weighted by molar-refractivity contribution is -0.130. The largest absolute Gasteiger partial charge is 0.343 e. The highest BCUT2D eigenvalue weighted by atomic mass is 32.2. The van der Waals surface area contributed by atoms with Gasteiger partial charge in [0.2, 0.25) is 5.91 Å². The Morgan fingerprint density at radius 1 is 1.14 bits per heavy atom. The Balaban J connectivity index is 1.51. The van der Waals surface area contributed by atoms with Crippen molar-refractivity contribution in [3.63, 3.8) is 0 Å². The van der Waals surface area contributed by atoms with Gasteiger partial charge in [-0.2, -0.15) is 20.7 Å². The minimum Gasteiger partial charge on any atom is -0.343 e. The molecule has 4 aromatic rings. The van der Waals surface area contributed by atoms with Gasteiger partial charge < -0.3 is 4.90 Å². The van der Waals surface area contributed by atoms with Gasteiger partial charge in [0, 0.05) is 59.4 Å². The summed E-state index contributed by atoms with van der Waals surface area (Å²) in [5, 5.41) is 28.3. The van der Waals surface area contributed by atoms with Crippen LogP contribution in [-0.2, 0) is 11.3 Å². The molecule has 0 aliphatic carbocycles. The van der Waals surface area contributed by atoms with Crippen LogP contribution in [0, 0.1) is 35.5 Å². The number of aromatic nitrogens is 4. The average molecular weight is 496 g/mol. The number of carbonyl (C=O) groups excluding carboxylic acids is 1. The minimum absolute atomic E-state index is 0.129. The molecule has 5 rings (SSSR count). The minimum atomic E-state index is 0.129. The van der Waals surface area contributed by atoms with Gasteiger partial charge in [0.1, 0.15) is 12.1 Å². The molecule has 4 heterocycles. The number of hydrogen-bond acceptors (Lipinski definition) is 6. The Morgan fingerprint density at radius 2 is 1.94 bits per heavy atom. The summed E-state index contributed by atoms with van der Waals surface area (Å²) in [5.41, 5.74) is 4.75. The molecule has 1 atom stereocenters. The first-order valence-electron chi connectivity index (χ1n) is 11.8. The quantitative estimate of drug-likeness (QED) is 0.399. The van der Waals surface area contributed by atoms with Crippen LogP contribution >= 0.6 is 11.8 Å². The first-order valence-corrected chi connectivity index (χ1v) is 12.7. The fraction of sp³-hybridized carbons (Fsp3) is 0.296. The van der Waals surface area contributed by atoms with Gasteiger partial charge in [-0.1, -0.05) is 23.9 Å². The second kappa shape index (κ2) is 9.88. The normalized spacial score (nSPS) is 15.6. The van der Waals surface area contributed by atoms with Gasteiger partial charge in [0.15, 0.2) is 0 Å². The molecular formula is C27H25N7OS. The van der Waals surface area contributed by atoms with E-state index in [1.165, 1.54) is 11.8 Å². The number of amides is 1. The number of hydrogen-bond donors (Lipinski definition) is 0. The molecule has 1 fully saturated rings. The van der Waals surface area contributed by atoms with Crippen molar-refractivity contribution in [2.24, 2.45) is 5.92 Å². The van der Waals surface area contributed by atoms with Gasteiger partial charge in [-0.05, 0) is 43.9 Å². The third kappa shape index (κ3) is 4.46. The van der Waals surface area contributed by atoms with E-state index in [1.807, 2.05) is 46.2 Å². The van der Waals surface area contributed by atoms with E-state index < -0.39 is 0 Å². The number of nitriles is 2. The van der Waals surface area contributed by atoms with Crippen molar-refractivity contribution in [2.75, 3.05) is 13.1 Å². The Kier molecular flexibility index (Phi) is 6.49. The zero-order chi connectivity index (χ0) is 25.2. The summed E-state index contributed by atoms with van der Waals surface area (Å²) in [6, 6.07) is 14.0. The molecule has 1 aliphatic heterocycles. The monoisotopic (exact) mass is 495 g/mol. The number of piperidine rings is 1. The first kappa shape index (κ1) is 23.7. The Morgan fingerprint density at radius 3 is 2.72 bits per heavy atom. The van der Waals surface area contributed by atoms with Gasteiger partial charge in [-0.15, -0.1) is 0 Å². The Bertz CT molecular complexity index is 1540. The fourth-order valence-corrected chi connectivity index (χ4v) is 5.91. The smallest absolute Gasteiger partial charge is 0.219 e. The number of pyridine rings is 1. The molecule has 1 saturated heterocycles. The molecule has 1 aliphatic rings. The van der Waals surface area contributed by atoms with Crippen molar-refractivity contribution in [1.82, 2.24) is 24.3 Å². The van der Waals surface area contributed by atoms with Crippen molar-refractivity contribution in [2.45, 2.75) is 43.0 Å². The van der Waals surface area contributed by atoms with Crippen molar-refractivity contribution >= 4 is 23.2 Å². The number of nitrogens with zero attached hydrogens (tertiary/aromatic N) is 7. The molecule has 180 valence electrons. The van der Waals surface area contributed by atoms with E-state index in [0.29, 0.717) is 17.0 Å². The molecule has 3 aromatic heterocycles. The summed E-state index contributed by atoms with van der Waals surface area (Å²) >= 11 is 1.46. The van der Waals surface area contributed by atoms with Crippen LogP contribution in [-0.4, -0.2) is 43.3 Å². The van der Waals surface area contributed by atoms with Gasteiger partial charge in [-0.3, -0.25) is 9.48 Å². The second-order valence-corrected chi connectivity index (χ2v) is 10.1. The SMILES string of the molecule is CC(=O)N1CCCC(Cn2ncc(-c3cc(Sc4ccccc4C#N)c4c(C#N)cnn4c3)c2C)C1. The van der Waals surface area contributed by atoms with Crippen molar-refractivity contribution in [1.29, 1.82) is 10.5 Å². The number of benzene rings is 1. The lowest BCUT2D eigenvalue weighted by atomic mass is 9.98. The summed E-state index contributed by atoms with van der Waals surface area (Å²) in [7, 11) is 0. The van der Waals surface area contributed by atoms with Crippen LogP contribution in [0.25, 0.3) is 16.6 Å². The molecular weight excluding hydrogens is 470 g/mol. The number of likely N-dealkylation sites (tertiary alicyclic amines) is 1. The highest BCUT2D eigenvalue weighted by molar-refractivity contribution is 7.99. The van der Waals surface area contributed by atoms with Crippen LogP contribution in [0.3, 0.4) is 0 Å². The maximum atomic E-state index is 11.8. The highest BCUT2D eigenvalue weighted by Crippen LogP contribution is 2.37. The maximum Gasteiger partial charge on any atom is 0.219 e. The summed E-state index contributed by atoms with van der Waals surface area (Å²) in [6.07, 6.45) is 7.45. The fourth-order valence-electron chi connectivity index (χ4n) is 4.82. The predicted octanol–water partition coefficient (Wildman–Crippen LogP) is 4.66.